The van der Waals surface area contributed by atoms with Crippen LogP contribution in [0.5, 0.6) is 0 Å². The molecule has 0 atom stereocenters. The summed E-state index contributed by atoms with van der Waals surface area (Å²) in [5.74, 6) is 0.622. The van der Waals surface area contributed by atoms with Crippen LogP contribution in [0.2, 0.25) is 0 Å². The number of nitrogens with zero attached hydrogens (tertiary/aromatic N) is 1. The number of pyridine rings is 1. The van der Waals surface area contributed by atoms with Gasteiger partial charge < -0.3 is 0 Å². The van der Waals surface area contributed by atoms with Gasteiger partial charge in [-0.15, -0.1) is 0 Å². The maximum Gasteiger partial charge on any atom is 0.221 e. The van der Waals surface area contributed by atoms with Gasteiger partial charge in [0.05, 0.1) is 11.0 Å². The highest BCUT2D eigenvalue weighted by molar-refractivity contribution is 6.16. The lowest BCUT2D eigenvalue weighted by molar-refractivity contribution is -0.672. The predicted octanol–water partition coefficient (Wildman–Crippen LogP) is 6.22. The van der Waals surface area contributed by atoms with Crippen LogP contribution in [0, 0.1) is 33.6 Å². The topological polar surface area (TPSA) is 3.88 Å². The van der Waals surface area contributed by atoms with Crippen molar-refractivity contribution in [3.8, 4) is 0 Å². The molecule has 3 aromatic rings. The van der Waals surface area contributed by atoms with Crippen molar-refractivity contribution in [2.45, 2.75) is 48.0 Å². The second-order valence-electron chi connectivity index (χ2n) is 8.76. The summed E-state index contributed by atoms with van der Waals surface area (Å²) in [6.07, 6.45) is 3.33. The molecule has 1 aromatic heterocycles. The summed E-state index contributed by atoms with van der Waals surface area (Å²) in [4.78, 5) is 0. The number of allylic oxidation sites excluding steroid dienone is 1. The van der Waals surface area contributed by atoms with E-state index in [4.69, 9.17) is 0 Å². The van der Waals surface area contributed by atoms with Crippen LogP contribution < -0.4 is 4.57 Å². The fraction of sp³-hybridized carbons (Fsp3) is 0.346. The Labute approximate surface area is 163 Å². The number of rotatable bonds is 3. The van der Waals surface area contributed by atoms with Crippen LogP contribution in [0.25, 0.3) is 21.9 Å². The maximum atomic E-state index is 2.40. The first-order valence-corrected chi connectivity index (χ1v) is 10.0. The zero-order valence-corrected chi connectivity index (χ0v) is 17.7. The SMILES string of the molecule is Cc1cc(C)c(C)c(C2=C(CC(C)C)c3cc(C)cc4cc[n+](C)c2c34)c1. The van der Waals surface area contributed by atoms with Gasteiger partial charge in [-0.2, -0.15) is 0 Å². The first-order chi connectivity index (χ1) is 12.8. The molecule has 0 fully saturated rings. The largest absolute Gasteiger partial charge is 0.221 e. The average Bonchev–Trinajstić information content (AvgIpc) is 2.89. The summed E-state index contributed by atoms with van der Waals surface area (Å²) in [5, 5.41) is 2.78. The van der Waals surface area contributed by atoms with Crippen molar-refractivity contribution in [3.63, 3.8) is 0 Å². The lowest BCUT2D eigenvalue weighted by Gasteiger charge is -2.15. The number of hydrogen-bond acceptors (Lipinski definition) is 0. The number of hydrogen-bond donors (Lipinski definition) is 0. The van der Waals surface area contributed by atoms with Gasteiger partial charge in [-0.25, -0.2) is 4.57 Å². The molecule has 1 aliphatic rings. The van der Waals surface area contributed by atoms with E-state index in [0.717, 1.165) is 6.42 Å². The standard InChI is InChI=1S/C26H30N/c1-15(2)10-22-23-14-17(4)12-20-8-9-27(7)26(24(20)23)25(22)21-13-16(3)11-18(5)19(21)6/h8-9,11-15H,10H2,1-7H3/q+1. The van der Waals surface area contributed by atoms with Crippen molar-refractivity contribution < 1.29 is 4.57 Å². The van der Waals surface area contributed by atoms with Gasteiger partial charge in [0.2, 0.25) is 5.69 Å². The molecule has 1 heteroatoms. The second kappa shape index (κ2) is 6.34. The summed E-state index contributed by atoms with van der Waals surface area (Å²) in [5.41, 5.74) is 12.7. The van der Waals surface area contributed by atoms with Crippen LogP contribution in [0.1, 0.15) is 59.3 Å². The van der Waals surface area contributed by atoms with Crippen LogP contribution in [0.4, 0.5) is 0 Å². The molecule has 1 aliphatic carbocycles. The molecule has 138 valence electrons. The van der Waals surface area contributed by atoms with E-state index in [0.29, 0.717) is 5.92 Å². The van der Waals surface area contributed by atoms with Gasteiger partial charge in [0.25, 0.3) is 0 Å². The Hall–Kier alpha value is -2.41. The third kappa shape index (κ3) is 2.81. The summed E-state index contributed by atoms with van der Waals surface area (Å²) in [6, 6.07) is 11.7. The maximum absolute atomic E-state index is 2.40. The Kier molecular flexibility index (Phi) is 4.22. The molecule has 0 unspecified atom stereocenters. The van der Waals surface area contributed by atoms with Crippen molar-refractivity contribution >= 4 is 21.9 Å². The van der Waals surface area contributed by atoms with Gasteiger partial charge in [0, 0.05) is 6.07 Å². The van der Waals surface area contributed by atoms with E-state index in [9.17, 15) is 0 Å². The van der Waals surface area contributed by atoms with E-state index in [-0.39, 0.29) is 0 Å². The summed E-state index contributed by atoms with van der Waals surface area (Å²) >= 11 is 0. The van der Waals surface area contributed by atoms with Crippen molar-refractivity contribution in [3.05, 3.63) is 75.6 Å². The summed E-state index contributed by atoms with van der Waals surface area (Å²) in [6.45, 7) is 13.6. The zero-order chi connectivity index (χ0) is 19.5. The number of benzene rings is 2. The molecule has 0 bridgehead atoms. The molecular formula is C26H30N+. The first-order valence-electron chi connectivity index (χ1n) is 10.0. The quantitative estimate of drug-likeness (QED) is 0.491. The molecule has 27 heavy (non-hydrogen) atoms. The molecule has 1 nitrogen and oxygen atoms in total. The monoisotopic (exact) mass is 356 g/mol. The minimum Gasteiger partial charge on any atom is -0.200 e. The van der Waals surface area contributed by atoms with Crippen molar-refractivity contribution in [1.82, 2.24) is 0 Å². The fourth-order valence-corrected chi connectivity index (χ4v) is 4.68. The second-order valence-corrected chi connectivity index (χ2v) is 8.76. The number of aromatic nitrogens is 1. The van der Waals surface area contributed by atoms with Crippen LogP contribution in [-0.2, 0) is 7.05 Å². The molecular weight excluding hydrogens is 326 g/mol. The molecule has 0 N–H and O–H groups in total. The molecule has 0 aliphatic heterocycles. The average molecular weight is 357 g/mol. The fourth-order valence-electron chi connectivity index (χ4n) is 4.68. The van der Waals surface area contributed by atoms with Crippen LogP contribution in [0.15, 0.2) is 36.5 Å². The highest BCUT2D eigenvalue weighted by atomic mass is 14.9. The van der Waals surface area contributed by atoms with Gasteiger partial charge in [0.15, 0.2) is 6.20 Å². The van der Waals surface area contributed by atoms with Crippen LogP contribution in [0.3, 0.4) is 0 Å². The third-order valence-electron chi connectivity index (χ3n) is 5.94. The lowest BCUT2D eigenvalue weighted by Crippen LogP contribution is -2.32. The summed E-state index contributed by atoms with van der Waals surface area (Å²) < 4.78 is 2.32. The molecule has 1 heterocycles. The molecule has 0 spiro atoms. The van der Waals surface area contributed by atoms with E-state index in [1.165, 1.54) is 61.0 Å². The van der Waals surface area contributed by atoms with E-state index in [2.05, 4.69) is 89.7 Å². The van der Waals surface area contributed by atoms with E-state index >= 15 is 0 Å². The Morgan fingerprint density at radius 3 is 2.26 bits per heavy atom. The van der Waals surface area contributed by atoms with Gasteiger partial charge in [-0.1, -0.05) is 43.7 Å². The van der Waals surface area contributed by atoms with Gasteiger partial charge in [-0.3, -0.25) is 0 Å². The minimum absolute atomic E-state index is 0.622. The predicted molar refractivity (Wildman–Crippen MR) is 116 cm³/mol. The van der Waals surface area contributed by atoms with Crippen molar-refractivity contribution in [2.75, 3.05) is 0 Å². The molecule has 0 amide bonds. The van der Waals surface area contributed by atoms with Crippen molar-refractivity contribution in [1.29, 1.82) is 0 Å². The van der Waals surface area contributed by atoms with Crippen molar-refractivity contribution in [2.24, 2.45) is 13.0 Å². The molecule has 4 rings (SSSR count). The highest BCUT2D eigenvalue weighted by Gasteiger charge is 2.33. The Balaban J connectivity index is 2.16. The van der Waals surface area contributed by atoms with E-state index < -0.39 is 0 Å². The van der Waals surface area contributed by atoms with Gasteiger partial charge in [0.1, 0.15) is 7.05 Å². The molecule has 2 aromatic carbocycles. The first kappa shape index (κ1) is 18.0. The summed E-state index contributed by atoms with van der Waals surface area (Å²) in [7, 11) is 2.19. The molecule has 0 saturated heterocycles. The molecule has 0 radical (unpaired) electrons. The van der Waals surface area contributed by atoms with E-state index in [1.54, 1.807) is 0 Å². The third-order valence-corrected chi connectivity index (χ3v) is 5.94. The van der Waals surface area contributed by atoms with Gasteiger partial charge in [-0.05, 0) is 78.8 Å². The lowest BCUT2D eigenvalue weighted by atomic mass is 9.88. The number of aryl methyl sites for hydroxylation is 4. The Morgan fingerprint density at radius 1 is 0.889 bits per heavy atom. The molecule has 0 saturated carbocycles. The Morgan fingerprint density at radius 2 is 1.56 bits per heavy atom. The minimum atomic E-state index is 0.622. The van der Waals surface area contributed by atoms with Crippen LogP contribution >= 0.6 is 0 Å². The van der Waals surface area contributed by atoms with Crippen LogP contribution in [-0.4, -0.2) is 0 Å². The smallest absolute Gasteiger partial charge is 0.200 e. The van der Waals surface area contributed by atoms with E-state index in [1.807, 2.05) is 0 Å². The van der Waals surface area contributed by atoms with Gasteiger partial charge >= 0.3 is 0 Å². The Bertz CT molecular complexity index is 1110. The highest BCUT2D eigenvalue weighted by Crippen LogP contribution is 2.47. The zero-order valence-electron chi connectivity index (χ0n) is 17.7. The normalized spacial score (nSPS) is 13.3.